The van der Waals surface area contributed by atoms with Crippen LogP contribution in [0.25, 0.3) is 0 Å². The first kappa shape index (κ1) is 47.9. The van der Waals surface area contributed by atoms with Gasteiger partial charge in [0, 0.05) is 19.3 Å². The molecule has 0 N–H and O–H groups in total. The fourth-order valence-corrected chi connectivity index (χ4v) is 10.6. The first-order chi connectivity index (χ1) is 23.5. The molecule has 4 saturated carbocycles. The highest BCUT2D eigenvalue weighted by molar-refractivity contribution is 5.82. The van der Waals surface area contributed by atoms with Gasteiger partial charge in [0.15, 0.2) is 0 Å². The minimum atomic E-state index is -0.139. The molecule has 4 aliphatic carbocycles. The molecule has 0 heterocycles. The average molecular weight is 715 g/mol. The third-order valence-corrected chi connectivity index (χ3v) is 18.1. The van der Waals surface area contributed by atoms with E-state index in [1.807, 2.05) is 0 Å². The van der Waals surface area contributed by atoms with E-state index in [9.17, 15) is 9.59 Å². The number of esters is 1. The Hall–Kier alpha value is -1.12. The van der Waals surface area contributed by atoms with Crippen molar-refractivity contribution >= 4 is 11.8 Å². The van der Waals surface area contributed by atoms with Gasteiger partial charge in [0.1, 0.15) is 11.9 Å². The van der Waals surface area contributed by atoms with Crippen molar-refractivity contribution in [2.75, 3.05) is 0 Å². The second-order valence-corrected chi connectivity index (χ2v) is 19.5. The predicted octanol–water partition coefficient (Wildman–Crippen LogP) is 14.6. The molecule has 3 nitrogen and oxygen atoms in total. The molecule has 0 amide bonds. The van der Waals surface area contributed by atoms with Gasteiger partial charge in [-0.3, -0.25) is 9.59 Å². The molecule has 4 rings (SSSR count). The van der Waals surface area contributed by atoms with Crippen molar-refractivity contribution in [2.24, 2.45) is 74.9 Å². The van der Waals surface area contributed by atoms with E-state index >= 15 is 0 Å². The Kier molecular flexibility index (Phi) is 18.8. The van der Waals surface area contributed by atoms with Crippen LogP contribution in [0.15, 0.2) is 12.2 Å². The van der Waals surface area contributed by atoms with Gasteiger partial charge in [-0.05, 0) is 120 Å². The van der Waals surface area contributed by atoms with Crippen LogP contribution in [0.1, 0.15) is 202 Å². The van der Waals surface area contributed by atoms with Gasteiger partial charge in [0.2, 0.25) is 0 Å². The Labute approximate surface area is 320 Å². The Balaban J connectivity index is 0.000000342. The van der Waals surface area contributed by atoms with E-state index in [1.165, 1.54) is 57.4 Å². The van der Waals surface area contributed by atoms with Crippen molar-refractivity contribution in [3.8, 4) is 0 Å². The number of hydrogen-bond donors (Lipinski definition) is 0. The van der Waals surface area contributed by atoms with Gasteiger partial charge in [0.25, 0.3) is 0 Å². The Morgan fingerprint density at radius 1 is 0.588 bits per heavy atom. The lowest BCUT2D eigenvalue weighted by Crippen LogP contribution is -2.44. The van der Waals surface area contributed by atoms with Crippen LogP contribution in [0.5, 0.6) is 0 Å². The van der Waals surface area contributed by atoms with Crippen molar-refractivity contribution in [2.45, 2.75) is 208 Å². The predicted molar refractivity (Wildman–Crippen MR) is 223 cm³/mol. The zero-order valence-corrected chi connectivity index (χ0v) is 37.7. The first-order valence-electron chi connectivity index (χ1n) is 21.9. The van der Waals surface area contributed by atoms with E-state index in [4.69, 9.17) is 4.74 Å². The molecule has 14 atom stereocenters. The number of allylic oxidation sites excluding steroid dienone is 1. The lowest BCUT2D eigenvalue weighted by Gasteiger charge is -2.48. The maximum absolute atomic E-state index is 11.5. The van der Waals surface area contributed by atoms with Gasteiger partial charge in [-0.15, -0.1) is 0 Å². The largest absolute Gasteiger partial charge is 0.462 e. The zero-order chi connectivity index (χ0) is 39.7. The van der Waals surface area contributed by atoms with Crippen LogP contribution >= 0.6 is 0 Å². The number of ketones is 1. The fraction of sp³-hybridized carbons (Fsp3) is 0.917. The van der Waals surface area contributed by atoms with Crippen LogP contribution in [0.3, 0.4) is 0 Å². The number of rotatable bonds is 5. The highest BCUT2D eigenvalue weighted by atomic mass is 16.5. The molecule has 0 radical (unpaired) electrons. The minimum Gasteiger partial charge on any atom is -0.462 e. The van der Waals surface area contributed by atoms with Gasteiger partial charge in [-0.1, -0.05) is 149 Å². The second kappa shape index (κ2) is 20.0. The molecular formula is C48H90O3. The standard InChI is InChI=1S/C13H24O2.C12H24.C12H22.C11H20O/c1-6-13(5)9(2)7-8-12(10(13)3)15-11(4)14;2*1-6-12(5)10(3)8-7-9(2)11(12)4;1-5-11(4)8(2)6-7-10(12)9(11)3/h9-10,12H,6-8H2,1-5H3;9-11H,6-8H2,1-5H3;10-11H,2,6-8H2,1,3-5H3;8-9H,5-7H2,1-4H3/t9-,10+,12+,13+;9-,10+,11-,12-;10-,11+,12+;/m101./s1. The smallest absolute Gasteiger partial charge is 0.302 e. The van der Waals surface area contributed by atoms with Gasteiger partial charge in [0.05, 0.1) is 0 Å². The van der Waals surface area contributed by atoms with E-state index in [0.29, 0.717) is 39.8 Å². The highest BCUT2D eigenvalue weighted by Gasteiger charge is 2.45. The summed E-state index contributed by atoms with van der Waals surface area (Å²) in [5, 5.41) is 0. The highest BCUT2D eigenvalue weighted by Crippen LogP contribution is 2.51. The summed E-state index contributed by atoms with van der Waals surface area (Å²) in [5.41, 5.74) is 3.16. The monoisotopic (exact) mass is 715 g/mol. The molecule has 300 valence electrons. The van der Waals surface area contributed by atoms with E-state index in [0.717, 1.165) is 61.7 Å². The molecule has 0 bridgehead atoms. The lowest BCUT2D eigenvalue weighted by atomic mass is 9.58. The maximum atomic E-state index is 11.5. The number of ether oxygens (including phenoxy) is 1. The number of carbonyl (C=O) groups excluding carboxylic acids is 2. The Morgan fingerprint density at radius 2 is 0.980 bits per heavy atom. The Bertz CT molecular complexity index is 1050. The molecule has 0 aromatic rings. The molecule has 0 aliphatic heterocycles. The summed E-state index contributed by atoms with van der Waals surface area (Å²) in [4.78, 5) is 22.5. The van der Waals surface area contributed by atoms with Crippen molar-refractivity contribution in [3.63, 3.8) is 0 Å². The molecule has 3 heteroatoms. The van der Waals surface area contributed by atoms with Crippen LogP contribution in [0.4, 0.5) is 0 Å². The van der Waals surface area contributed by atoms with Gasteiger partial charge < -0.3 is 4.74 Å². The van der Waals surface area contributed by atoms with E-state index < -0.39 is 0 Å². The molecule has 3 unspecified atom stereocenters. The number of hydrogen-bond acceptors (Lipinski definition) is 3. The summed E-state index contributed by atoms with van der Waals surface area (Å²) in [7, 11) is 0. The summed E-state index contributed by atoms with van der Waals surface area (Å²) >= 11 is 0. The molecule has 51 heavy (non-hydrogen) atoms. The van der Waals surface area contributed by atoms with Crippen LogP contribution < -0.4 is 0 Å². The summed E-state index contributed by atoms with van der Waals surface area (Å²) in [6, 6.07) is 0. The van der Waals surface area contributed by atoms with Crippen molar-refractivity contribution in [1.29, 1.82) is 0 Å². The molecule has 0 aromatic carbocycles. The fourth-order valence-electron chi connectivity index (χ4n) is 10.6. The molecule has 4 fully saturated rings. The summed E-state index contributed by atoms with van der Waals surface area (Å²) in [5.74, 6) is 6.85. The van der Waals surface area contributed by atoms with Crippen LogP contribution in [-0.4, -0.2) is 17.9 Å². The maximum Gasteiger partial charge on any atom is 0.302 e. The van der Waals surface area contributed by atoms with Crippen molar-refractivity contribution in [3.05, 3.63) is 12.2 Å². The summed E-state index contributed by atoms with van der Waals surface area (Å²) in [6.45, 7) is 45.3. The van der Waals surface area contributed by atoms with Gasteiger partial charge >= 0.3 is 5.97 Å². The molecule has 0 spiro atoms. The topological polar surface area (TPSA) is 43.4 Å². The molecule has 0 aromatic heterocycles. The normalized spacial score (nSPS) is 44.0. The van der Waals surface area contributed by atoms with Crippen LogP contribution in [0.2, 0.25) is 0 Å². The van der Waals surface area contributed by atoms with E-state index in [1.54, 1.807) is 0 Å². The van der Waals surface area contributed by atoms with Crippen LogP contribution in [-0.2, 0) is 14.3 Å². The second-order valence-electron chi connectivity index (χ2n) is 19.5. The minimum absolute atomic E-state index is 0.128. The quantitative estimate of drug-likeness (QED) is 0.210. The summed E-state index contributed by atoms with van der Waals surface area (Å²) < 4.78 is 5.41. The van der Waals surface area contributed by atoms with E-state index in [-0.39, 0.29) is 23.4 Å². The number of Topliss-reactive ketones (excluding diaryl/α,β-unsaturated/α-hetero) is 1. The van der Waals surface area contributed by atoms with Gasteiger partial charge in [-0.25, -0.2) is 0 Å². The van der Waals surface area contributed by atoms with Crippen LogP contribution in [0, 0.1) is 74.9 Å². The van der Waals surface area contributed by atoms with Crippen molar-refractivity contribution < 1.29 is 14.3 Å². The summed E-state index contributed by atoms with van der Waals surface area (Å²) in [6.07, 6.45) is 14.6. The average Bonchev–Trinajstić information content (AvgIpc) is 3.11. The zero-order valence-electron chi connectivity index (χ0n) is 37.7. The molecular weight excluding hydrogens is 625 g/mol. The third kappa shape index (κ3) is 11.0. The number of carbonyl (C=O) groups is 2. The first-order valence-corrected chi connectivity index (χ1v) is 21.9. The van der Waals surface area contributed by atoms with Crippen molar-refractivity contribution in [1.82, 2.24) is 0 Å². The van der Waals surface area contributed by atoms with Gasteiger partial charge in [-0.2, -0.15) is 0 Å². The Morgan fingerprint density at radius 3 is 1.37 bits per heavy atom. The lowest BCUT2D eigenvalue weighted by molar-refractivity contribution is -0.157. The molecule has 0 saturated heterocycles. The van der Waals surface area contributed by atoms with E-state index in [2.05, 4.69) is 124 Å². The third-order valence-electron chi connectivity index (χ3n) is 18.1. The SMILES string of the molecule is C=C1CC[C@@H](C)[C@](C)(CC)[C@H]1C.CCC1(C)C(C)CCC(=O)C1C.CC[C@@]1(C)[C@H](C)CC[C@H](C)[C@@H]1C.CC[C@@]1(C)[C@H](C)CC[C@H](OC(C)=O)[C@@H]1C. The molecule has 4 aliphatic rings.